The molecule has 1 aliphatic carbocycles. The molecule has 0 radical (unpaired) electrons. The molecule has 3 fully saturated rings. The highest BCUT2D eigenvalue weighted by Crippen LogP contribution is 2.42. The zero-order valence-electron chi connectivity index (χ0n) is 25.1. The van der Waals surface area contributed by atoms with Gasteiger partial charge in [-0.3, -0.25) is 9.69 Å². The number of benzene rings is 1. The van der Waals surface area contributed by atoms with Crippen molar-refractivity contribution in [2.75, 3.05) is 43.0 Å². The molecule has 1 spiro atoms. The number of nitrogens with one attached hydrogen (secondary N) is 1. The number of allylic oxidation sites excluding steroid dienone is 1. The topological polar surface area (TPSA) is 114 Å². The van der Waals surface area contributed by atoms with Crippen LogP contribution in [-0.4, -0.2) is 78.8 Å². The summed E-state index contributed by atoms with van der Waals surface area (Å²) < 4.78 is 9.62. The minimum Gasteiger partial charge on any atom is -0.384 e. The second-order valence-electron chi connectivity index (χ2n) is 12.6. The van der Waals surface area contributed by atoms with E-state index in [1.807, 2.05) is 31.2 Å². The first-order valence-corrected chi connectivity index (χ1v) is 15.7. The molecule has 4 aliphatic rings. The second kappa shape index (κ2) is 10.3. The number of aliphatic hydroxyl groups is 1. The van der Waals surface area contributed by atoms with E-state index < -0.39 is 5.60 Å². The zero-order chi connectivity index (χ0) is 30.1. The van der Waals surface area contributed by atoms with Gasteiger partial charge in [0.2, 0.25) is 5.95 Å². The first kappa shape index (κ1) is 27.5. The first-order chi connectivity index (χ1) is 21.4. The predicted molar refractivity (Wildman–Crippen MR) is 169 cm³/mol. The lowest BCUT2D eigenvalue weighted by Gasteiger charge is -2.57. The van der Waals surface area contributed by atoms with Crippen molar-refractivity contribution in [1.29, 1.82) is 0 Å². The fraction of sp³-hybridized carbons (Fsp3) is 0.455. The number of hydrogen-bond acceptors (Lipinski definition) is 9. The monoisotopic (exact) mass is 594 g/mol. The Morgan fingerprint density at radius 1 is 1.16 bits per heavy atom. The van der Waals surface area contributed by atoms with Gasteiger partial charge in [-0.15, -0.1) is 6.58 Å². The number of ether oxygens (including phenoxy) is 1. The highest BCUT2D eigenvalue weighted by Gasteiger charge is 2.55. The summed E-state index contributed by atoms with van der Waals surface area (Å²) in [5.74, 6) is 0.899. The van der Waals surface area contributed by atoms with E-state index in [1.54, 1.807) is 21.6 Å². The Bertz CT molecular complexity index is 1810. The summed E-state index contributed by atoms with van der Waals surface area (Å²) >= 11 is 0. The Balaban J connectivity index is 1.07. The molecule has 3 saturated heterocycles. The van der Waals surface area contributed by atoms with E-state index in [4.69, 9.17) is 14.7 Å². The van der Waals surface area contributed by atoms with Crippen LogP contribution >= 0.6 is 0 Å². The maximum Gasteiger partial charge on any atom is 0.278 e. The quantitative estimate of drug-likeness (QED) is 0.311. The normalized spacial score (nSPS) is 24.0. The van der Waals surface area contributed by atoms with Gasteiger partial charge >= 0.3 is 0 Å². The molecule has 11 nitrogen and oxygen atoms in total. The molecule has 11 heteroatoms. The van der Waals surface area contributed by atoms with Crippen molar-refractivity contribution in [3.63, 3.8) is 0 Å². The largest absolute Gasteiger partial charge is 0.384 e. The smallest absolute Gasteiger partial charge is 0.278 e. The summed E-state index contributed by atoms with van der Waals surface area (Å²) in [5, 5.41) is 14.9. The summed E-state index contributed by atoms with van der Waals surface area (Å²) in [6.07, 6.45) is 7.72. The van der Waals surface area contributed by atoms with Gasteiger partial charge in [0.25, 0.3) is 5.56 Å². The van der Waals surface area contributed by atoms with Gasteiger partial charge in [-0.1, -0.05) is 19.1 Å². The van der Waals surface area contributed by atoms with E-state index in [0.717, 1.165) is 43.9 Å². The molecule has 8 rings (SSSR count). The van der Waals surface area contributed by atoms with Crippen molar-refractivity contribution in [2.45, 2.75) is 62.8 Å². The predicted octanol–water partition coefficient (Wildman–Crippen LogP) is 3.50. The van der Waals surface area contributed by atoms with Crippen LogP contribution in [0, 0.1) is 0 Å². The lowest BCUT2D eigenvalue weighted by atomic mass is 9.82. The van der Waals surface area contributed by atoms with Gasteiger partial charge in [0, 0.05) is 30.2 Å². The minimum absolute atomic E-state index is 0.0321. The number of aromatic nitrogens is 5. The van der Waals surface area contributed by atoms with Crippen LogP contribution < -0.4 is 15.8 Å². The molecule has 0 amide bonds. The summed E-state index contributed by atoms with van der Waals surface area (Å²) in [4.78, 5) is 32.5. The standard InChI is InChI=1S/C33H38N8O3/c1-3-15-40-30(42)25-19-34-31(37-29(25)41(40)27-12-7-22-13-14-32(43,4-2)28(22)36-27)35-23-8-10-24(11-9-23)39-20-33(21-39)26-6-5-16-38(26)17-18-44-33/h3,7-12,19,26,43H,1,4-6,13-18,20-21H2,2H3,(H,34,35,37)/t26?,32-/m1/s1. The van der Waals surface area contributed by atoms with Gasteiger partial charge < -0.3 is 20.1 Å². The Labute approximate surface area is 255 Å². The molecule has 0 bridgehead atoms. The first-order valence-electron chi connectivity index (χ1n) is 15.7. The number of rotatable bonds is 7. The van der Waals surface area contributed by atoms with Gasteiger partial charge in [0.1, 0.15) is 16.6 Å². The van der Waals surface area contributed by atoms with Crippen LogP contribution in [0.5, 0.6) is 0 Å². The van der Waals surface area contributed by atoms with Gasteiger partial charge in [-0.2, -0.15) is 4.98 Å². The third-order valence-corrected chi connectivity index (χ3v) is 10.1. The van der Waals surface area contributed by atoms with Crippen LogP contribution in [0.15, 0.2) is 60.0 Å². The molecular weight excluding hydrogens is 556 g/mol. The number of pyridine rings is 1. The van der Waals surface area contributed by atoms with E-state index >= 15 is 0 Å². The molecule has 1 unspecified atom stereocenters. The van der Waals surface area contributed by atoms with Crippen LogP contribution in [-0.2, 0) is 23.3 Å². The average molecular weight is 595 g/mol. The van der Waals surface area contributed by atoms with Crippen LogP contribution in [0.4, 0.5) is 17.3 Å². The molecule has 4 aromatic rings. The van der Waals surface area contributed by atoms with Gasteiger partial charge in [-0.05, 0) is 74.5 Å². The third-order valence-electron chi connectivity index (χ3n) is 10.1. The van der Waals surface area contributed by atoms with E-state index in [9.17, 15) is 9.90 Å². The molecule has 44 heavy (non-hydrogen) atoms. The molecule has 2 atom stereocenters. The number of anilines is 3. The second-order valence-corrected chi connectivity index (χ2v) is 12.6. The minimum atomic E-state index is -0.970. The third kappa shape index (κ3) is 4.21. The highest BCUT2D eigenvalue weighted by atomic mass is 16.5. The molecule has 3 aromatic heterocycles. The molecule has 3 aliphatic heterocycles. The van der Waals surface area contributed by atoms with E-state index in [0.29, 0.717) is 47.4 Å². The van der Waals surface area contributed by atoms with Crippen LogP contribution in [0.2, 0.25) is 0 Å². The highest BCUT2D eigenvalue weighted by molar-refractivity contribution is 5.77. The lowest BCUT2D eigenvalue weighted by Crippen LogP contribution is -2.73. The van der Waals surface area contributed by atoms with Crippen LogP contribution in [0.25, 0.3) is 16.9 Å². The Hall–Kier alpha value is -4.06. The molecule has 1 aromatic carbocycles. The lowest BCUT2D eigenvalue weighted by molar-refractivity contribution is -0.149. The van der Waals surface area contributed by atoms with E-state index in [1.165, 1.54) is 25.1 Å². The van der Waals surface area contributed by atoms with Gasteiger partial charge in [-0.25, -0.2) is 19.3 Å². The molecule has 228 valence electrons. The fourth-order valence-corrected chi connectivity index (χ4v) is 7.73. The summed E-state index contributed by atoms with van der Waals surface area (Å²) in [5.41, 5.74) is 2.94. The Kier molecular flexibility index (Phi) is 6.40. The molecular formula is C33H38N8O3. The van der Waals surface area contributed by atoms with Gasteiger partial charge in [0.05, 0.1) is 31.9 Å². The molecule has 2 N–H and O–H groups in total. The van der Waals surface area contributed by atoms with Gasteiger partial charge in [0.15, 0.2) is 11.5 Å². The van der Waals surface area contributed by atoms with Crippen molar-refractivity contribution in [3.05, 3.63) is 76.9 Å². The Morgan fingerprint density at radius 3 is 2.80 bits per heavy atom. The maximum absolute atomic E-state index is 13.4. The summed E-state index contributed by atoms with van der Waals surface area (Å²) in [7, 11) is 0. The average Bonchev–Trinajstić information content (AvgIpc) is 3.72. The van der Waals surface area contributed by atoms with Crippen LogP contribution in [0.1, 0.15) is 43.9 Å². The zero-order valence-corrected chi connectivity index (χ0v) is 25.1. The van der Waals surface area contributed by atoms with Crippen molar-refractivity contribution in [1.82, 2.24) is 29.2 Å². The fourth-order valence-electron chi connectivity index (χ4n) is 7.73. The van der Waals surface area contributed by atoms with Crippen molar-refractivity contribution < 1.29 is 9.84 Å². The number of morpholine rings is 1. The maximum atomic E-state index is 13.4. The summed E-state index contributed by atoms with van der Waals surface area (Å²) in [6, 6.07) is 12.7. The number of hydrogen-bond donors (Lipinski definition) is 2. The van der Waals surface area contributed by atoms with Crippen molar-refractivity contribution in [3.8, 4) is 5.82 Å². The van der Waals surface area contributed by atoms with Crippen LogP contribution in [0.3, 0.4) is 0 Å². The Morgan fingerprint density at radius 2 is 2.00 bits per heavy atom. The van der Waals surface area contributed by atoms with E-state index in [-0.39, 0.29) is 17.7 Å². The van der Waals surface area contributed by atoms with Crippen molar-refractivity contribution in [2.24, 2.45) is 0 Å². The van der Waals surface area contributed by atoms with Crippen molar-refractivity contribution >= 4 is 28.4 Å². The molecule has 0 saturated carbocycles. The van der Waals surface area contributed by atoms with E-state index in [2.05, 4.69) is 38.8 Å². The summed E-state index contributed by atoms with van der Waals surface area (Å²) in [6.45, 7) is 11.0. The SMILES string of the molecule is C=CCn1c(=O)c2cnc(Nc3ccc(N4CC5(C4)OCCN4CCCC45)cc3)nc2n1-c1ccc2c(n1)[C@@](O)(CC)CC2. The number of nitrogens with zero attached hydrogens (tertiary/aromatic N) is 7. The number of aryl methyl sites for hydroxylation is 1. The number of fused-ring (bicyclic) bond motifs is 4. The molecule has 6 heterocycles.